The summed E-state index contributed by atoms with van der Waals surface area (Å²) in [5, 5.41) is 11.6. The van der Waals surface area contributed by atoms with Gasteiger partial charge in [-0.3, -0.25) is 4.98 Å². The average molecular weight is 338 g/mol. The molecule has 1 aromatic heterocycles. The summed E-state index contributed by atoms with van der Waals surface area (Å²) in [6, 6.07) is 8.64. The van der Waals surface area contributed by atoms with Crippen LogP contribution in [-0.4, -0.2) is 16.3 Å². The van der Waals surface area contributed by atoms with E-state index in [9.17, 15) is 5.11 Å². The maximum absolute atomic E-state index is 11.0. The second kappa shape index (κ2) is 6.72. The number of aromatic nitrogens is 1. The molecule has 2 rings (SSSR count). The van der Waals surface area contributed by atoms with E-state index in [1.54, 1.807) is 42.7 Å². The molecule has 0 aliphatic carbocycles. The molecule has 0 aliphatic rings. The molecule has 2 aromatic rings. The Morgan fingerprint density at radius 1 is 1.38 bits per heavy atom. The first kappa shape index (κ1) is 16.2. The first-order valence-corrected chi connectivity index (χ1v) is 8.15. The van der Waals surface area contributed by atoms with E-state index in [-0.39, 0.29) is 0 Å². The van der Waals surface area contributed by atoms with E-state index >= 15 is 0 Å². The third-order valence-corrected chi connectivity index (χ3v) is 4.81. The van der Waals surface area contributed by atoms with Gasteiger partial charge in [0.15, 0.2) is 5.60 Å². The van der Waals surface area contributed by atoms with Crippen LogP contribution in [-0.2, 0) is 5.60 Å². The lowest BCUT2D eigenvalue weighted by molar-refractivity contribution is 0.0971. The molecule has 0 fully saturated rings. The minimum absolute atomic E-state index is 0.434. The molecule has 2 nitrogen and oxygen atoms in total. The van der Waals surface area contributed by atoms with Crippen LogP contribution in [0.25, 0.3) is 0 Å². The van der Waals surface area contributed by atoms with Crippen molar-refractivity contribution in [1.29, 1.82) is 0 Å². The SMILES string of the molecule is C#CC(O)(c1cccnc1)C(SC)c1ccc(Cl)cc1Cl. The zero-order chi connectivity index (χ0) is 15.5. The molecule has 0 saturated heterocycles. The quantitative estimate of drug-likeness (QED) is 0.843. The van der Waals surface area contributed by atoms with Crippen molar-refractivity contribution in [3.63, 3.8) is 0 Å². The fourth-order valence-corrected chi connectivity index (χ4v) is 3.72. The highest BCUT2D eigenvalue weighted by Gasteiger charge is 2.38. The van der Waals surface area contributed by atoms with E-state index in [4.69, 9.17) is 29.6 Å². The molecule has 0 amide bonds. The molecule has 2 unspecified atom stereocenters. The fraction of sp³-hybridized carbons (Fsp3) is 0.188. The van der Waals surface area contributed by atoms with Crippen molar-refractivity contribution >= 4 is 35.0 Å². The van der Waals surface area contributed by atoms with Crippen LogP contribution in [0.4, 0.5) is 0 Å². The normalized spacial score (nSPS) is 15.0. The maximum Gasteiger partial charge on any atom is 0.168 e. The van der Waals surface area contributed by atoms with Crippen molar-refractivity contribution in [3.8, 4) is 12.3 Å². The van der Waals surface area contributed by atoms with Crippen molar-refractivity contribution in [2.75, 3.05) is 6.26 Å². The van der Waals surface area contributed by atoms with Gasteiger partial charge in [-0.05, 0) is 30.0 Å². The molecule has 1 aromatic carbocycles. The Bertz CT molecular complexity index is 672. The molecule has 0 radical (unpaired) electrons. The number of halogens is 2. The number of thioether (sulfide) groups is 1. The predicted octanol–water partition coefficient (Wildman–Crippen LogP) is 4.31. The van der Waals surface area contributed by atoms with Gasteiger partial charge < -0.3 is 5.11 Å². The van der Waals surface area contributed by atoms with Crippen molar-refractivity contribution in [1.82, 2.24) is 4.98 Å². The van der Waals surface area contributed by atoms with E-state index in [0.717, 1.165) is 5.56 Å². The smallest absolute Gasteiger partial charge is 0.168 e. The molecule has 1 N–H and O–H groups in total. The lowest BCUT2D eigenvalue weighted by atomic mass is 9.88. The maximum atomic E-state index is 11.0. The Kier molecular flexibility index (Phi) is 5.18. The van der Waals surface area contributed by atoms with Crippen LogP contribution >= 0.6 is 35.0 Å². The van der Waals surface area contributed by atoms with Gasteiger partial charge in [0.2, 0.25) is 0 Å². The number of pyridine rings is 1. The average Bonchev–Trinajstić information content (AvgIpc) is 2.50. The molecule has 108 valence electrons. The first-order valence-electron chi connectivity index (χ1n) is 6.11. The number of aliphatic hydroxyl groups is 1. The molecule has 0 spiro atoms. The molecule has 0 saturated carbocycles. The summed E-state index contributed by atoms with van der Waals surface area (Å²) in [6.07, 6.45) is 10.7. The molecule has 0 bridgehead atoms. The van der Waals surface area contributed by atoms with Gasteiger partial charge in [-0.25, -0.2) is 0 Å². The van der Waals surface area contributed by atoms with Crippen LogP contribution in [0.2, 0.25) is 10.0 Å². The topological polar surface area (TPSA) is 33.1 Å². The van der Waals surface area contributed by atoms with Crippen molar-refractivity contribution in [2.45, 2.75) is 10.9 Å². The Hall–Kier alpha value is -1.18. The number of rotatable bonds is 4. The fourth-order valence-electron chi connectivity index (χ4n) is 2.14. The third kappa shape index (κ3) is 3.20. The van der Waals surface area contributed by atoms with E-state index in [2.05, 4.69) is 10.9 Å². The summed E-state index contributed by atoms with van der Waals surface area (Å²) in [4.78, 5) is 4.03. The molecular weight excluding hydrogens is 325 g/mol. The van der Waals surface area contributed by atoms with Crippen LogP contribution in [0.1, 0.15) is 16.4 Å². The second-order valence-electron chi connectivity index (χ2n) is 4.43. The van der Waals surface area contributed by atoms with Crippen molar-refractivity contribution in [3.05, 3.63) is 63.9 Å². The van der Waals surface area contributed by atoms with Gasteiger partial charge in [-0.1, -0.05) is 41.3 Å². The van der Waals surface area contributed by atoms with Gasteiger partial charge >= 0.3 is 0 Å². The zero-order valence-corrected chi connectivity index (χ0v) is 13.6. The number of hydrogen-bond donors (Lipinski definition) is 1. The summed E-state index contributed by atoms with van der Waals surface area (Å²) in [6.45, 7) is 0. The van der Waals surface area contributed by atoms with Gasteiger partial charge in [0.1, 0.15) is 0 Å². The summed E-state index contributed by atoms with van der Waals surface area (Å²) in [5.74, 6) is 2.49. The summed E-state index contributed by atoms with van der Waals surface area (Å²) < 4.78 is 0. The van der Waals surface area contributed by atoms with E-state index in [0.29, 0.717) is 15.6 Å². The van der Waals surface area contributed by atoms with Crippen molar-refractivity contribution < 1.29 is 5.11 Å². The number of terminal acetylenes is 1. The molecular formula is C16H13Cl2NOS. The second-order valence-corrected chi connectivity index (χ2v) is 6.22. The Labute approximate surface area is 138 Å². The van der Waals surface area contributed by atoms with Gasteiger partial charge in [0.05, 0.1) is 5.25 Å². The lowest BCUT2D eigenvalue weighted by Gasteiger charge is -2.31. The van der Waals surface area contributed by atoms with Gasteiger partial charge in [-0.2, -0.15) is 11.8 Å². The van der Waals surface area contributed by atoms with Crippen LogP contribution in [0.15, 0.2) is 42.7 Å². The van der Waals surface area contributed by atoms with Crippen LogP contribution in [0.3, 0.4) is 0 Å². The highest BCUT2D eigenvalue weighted by Crippen LogP contribution is 2.45. The number of benzene rings is 1. The minimum Gasteiger partial charge on any atom is -0.372 e. The highest BCUT2D eigenvalue weighted by atomic mass is 35.5. The number of nitrogens with zero attached hydrogens (tertiary/aromatic N) is 1. The summed E-state index contributed by atoms with van der Waals surface area (Å²) >= 11 is 13.6. The third-order valence-electron chi connectivity index (χ3n) is 3.18. The minimum atomic E-state index is -1.51. The molecule has 0 aliphatic heterocycles. The van der Waals surface area contributed by atoms with Crippen LogP contribution in [0.5, 0.6) is 0 Å². The summed E-state index contributed by atoms with van der Waals surface area (Å²) in [5.41, 5.74) is -0.221. The zero-order valence-electron chi connectivity index (χ0n) is 11.3. The van der Waals surface area contributed by atoms with Crippen LogP contribution in [0, 0.1) is 12.3 Å². The Morgan fingerprint density at radius 3 is 2.67 bits per heavy atom. The molecule has 2 atom stereocenters. The van der Waals surface area contributed by atoms with Gasteiger partial charge in [-0.15, -0.1) is 6.42 Å². The largest absolute Gasteiger partial charge is 0.372 e. The molecule has 21 heavy (non-hydrogen) atoms. The standard InChI is InChI=1S/C16H13Cl2NOS/c1-3-16(20,11-5-4-8-19-10-11)15(21-2)13-7-6-12(17)9-14(13)18/h1,4-10,15,20H,2H3. The first-order chi connectivity index (χ1) is 10.0. The van der Waals surface area contributed by atoms with E-state index < -0.39 is 10.9 Å². The van der Waals surface area contributed by atoms with Gasteiger partial charge in [0, 0.05) is 28.0 Å². The van der Waals surface area contributed by atoms with E-state index in [1.165, 1.54) is 11.8 Å². The Morgan fingerprint density at radius 2 is 2.14 bits per heavy atom. The summed E-state index contributed by atoms with van der Waals surface area (Å²) in [7, 11) is 0. The predicted molar refractivity (Wildman–Crippen MR) is 89.7 cm³/mol. The van der Waals surface area contributed by atoms with Gasteiger partial charge in [0.25, 0.3) is 0 Å². The Balaban J connectivity index is 2.55. The number of hydrogen-bond acceptors (Lipinski definition) is 3. The highest BCUT2D eigenvalue weighted by molar-refractivity contribution is 7.98. The van der Waals surface area contributed by atoms with Crippen LogP contribution < -0.4 is 0 Å². The lowest BCUT2D eigenvalue weighted by Crippen LogP contribution is -2.30. The monoisotopic (exact) mass is 337 g/mol. The molecule has 5 heteroatoms. The molecule has 1 heterocycles. The van der Waals surface area contributed by atoms with Crippen molar-refractivity contribution in [2.24, 2.45) is 0 Å². The van der Waals surface area contributed by atoms with E-state index in [1.807, 2.05) is 6.26 Å².